The largest absolute Gasteiger partial charge is 0.379 e. The Morgan fingerprint density at radius 3 is 2.89 bits per heavy atom. The minimum atomic E-state index is 0.569. The fourth-order valence-corrected chi connectivity index (χ4v) is 3.53. The minimum absolute atomic E-state index is 0.569. The zero-order chi connectivity index (χ0) is 12.8. The lowest BCUT2D eigenvalue weighted by molar-refractivity contribution is 0.167. The van der Waals surface area contributed by atoms with E-state index in [1.165, 1.54) is 51.7 Å². The van der Waals surface area contributed by atoms with Crippen LogP contribution in [0.5, 0.6) is 0 Å². The minimum Gasteiger partial charge on any atom is -0.379 e. The molecule has 0 aromatic rings. The molecule has 0 aliphatic carbocycles. The van der Waals surface area contributed by atoms with Crippen LogP contribution in [0.3, 0.4) is 0 Å². The van der Waals surface area contributed by atoms with Crippen LogP contribution in [0.15, 0.2) is 0 Å². The first-order valence-corrected chi connectivity index (χ1v) is 7.80. The van der Waals surface area contributed by atoms with Crippen molar-refractivity contribution in [2.45, 2.75) is 45.1 Å². The topological polar surface area (TPSA) is 24.5 Å². The maximum Gasteiger partial charge on any atom is 0.0623 e. The van der Waals surface area contributed by atoms with Gasteiger partial charge in [-0.3, -0.25) is 0 Å². The van der Waals surface area contributed by atoms with E-state index in [2.05, 4.69) is 24.2 Å². The third-order valence-corrected chi connectivity index (χ3v) is 4.70. The van der Waals surface area contributed by atoms with Gasteiger partial charge in [0.1, 0.15) is 0 Å². The number of nitrogens with zero attached hydrogens (tertiary/aromatic N) is 1. The summed E-state index contributed by atoms with van der Waals surface area (Å²) in [6.07, 6.45) is 7.03. The fraction of sp³-hybridized carbons (Fsp3) is 1.00. The molecule has 0 aromatic heterocycles. The Morgan fingerprint density at radius 1 is 1.22 bits per heavy atom. The van der Waals surface area contributed by atoms with Crippen LogP contribution in [0.4, 0.5) is 0 Å². The van der Waals surface area contributed by atoms with E-state index in [0.717, 1.165) is 19.1 Å². The van der Waals surface area contributed by atoms with Gasteiger partial charge in [-0.05, 0) is 45.3 Å². The molecular weight excluding hydrogens is 224 g/mol. The summed E-state index contributed by atoms with van der Waals surface area (Å²) in [5.74, 6) is 1.68. The van der Waals surface area contributed by atoms with Gasteiger partial charge in [-0.15, -0.1) is 0 Å². The first kappa shape index (κ1) is 14.3. The molecule has 0 aromatic carbocycles. The second-order valence-electron chi connectivity index (χ2n) is 6.08. The van der Waals surface area contributed by atoms with Crippen LogP contribution in [0.25, 0.3) is 0 Å². The van der Waals surface area contributed by atoms with Gasteiger partial charge in [0.15, 0.2) is 0 Å². The molecular formula is C15H30N2O. The molecule has 18 heavy (non-hydrogen) atoms. The van der Waals surface area contributed by atoms with Crippen molar-refractivity contribution in [2.75, 3.05) is 39.9 Å². The second kappa shape index (κ2) is 7.46. The summed E-state index contributed by atoms with van der Waals surface area (Å²) < 4.78 is 5.60. The monoisotopic (exact) mass is 254 g/mol. The normalized spacial score (nSPS) is 34.7. The number of hydrogen-bond donors (Lipinski definition) is 1. The van der Waals surface area contributed by atoms with Gasteiger partial charge in [-0.2, -0.15) is 0 Å². The maximum absolute atomic E-state index is 5.60. The van der Waals surface area contributed by atoms with Gasteiger partial charge in [0.25, 0.3) is 0 Å². The average Bonchev–Trinajstić information content (AvgIpc) is 2.71. The highest BCUT2D eigenvalue weighted by Crippen LogP contribution is 2.23. The lowest BCUT2D eigenvalue weighted by Gasteiger charge is -2.26. The molecule has 0 radical (unpaired) electrons. The van der Waals surface area contributed by atoms with Gasteiger partial charge < -0.3 is 15.0 Å². The summed E-state index contributed by atoms with van der Waals surface area (Å²) in [5.41, 5.74) is 0. The van der Waals surface area contributed by atoms with Gasteiger partial charge in [0, 0.05) is 18.5 Å². The highest BCUT2D eigenvalue weighted by molar-refractivity contribution is 4.83. The summed E-state index contributed by atoms with van der Waals surface area (Å²) in [5, 5.41) is 3.40. The van der Waals surface area contributed by atoms with E-state index in [-0.39, 0.29) is 0 Å². The number of ether oxygens (including phenoxy) is 1. The first-order valence-electron chi connectivity index (χ1n) is 7.80. The highest BCUT2D eigenvalue weighted by Gasteiger charge is 2.29. The molecule has 2 fully saturated rings. The van der Waals surface area contributed by atoms with Crippen LogP contribution in [0.2, 0.25) is 0 Å². The van der Waals surface area contributed by atoms with Crippen LogP contribution in [-0.2, 0) is 4.74 Å². The van der Waals surface area contributed by atoms with Crippen molar-refractivity contribution >= 4 is 0 Å². The van der Waals surface area contributed by atoms with Crippen molar-refractivity contribution in [3.8, 4) is 0 Å². The van der Waals surface area contributed by atoms with Crippen molar-refractivity contribution < 1.29 is 4.74 Å². The second-order valence-corrected chi connectivity index (χ2v) is 6.08. The molecule has 0 spiro atoms. The number of nitrogens with one attached hydrogen (secondary N) is 1. The first-order chi connectivity index (χ1) is 8.83. The molecule has 3 heteroatoms. The lowest BCUT2D eigenvalue weighted by atomic mass is 9.96. The van der Waals surface area contributed by atoms with Gasteiger partial charge in [-0.25, -0.2) is 0 Å². The summed E-state index contributed by atoms with van der Waals surface area (Å²) in [6, 6.07) is 0.569. The summed E-state index contributed by atoms with van der Waals surface area (Å²) in [7, 11) is 2.06. The Morgan fingerprint density at radius 2 is 2.11 bits per heavy atom. The Kier molecular flexibility index (Phi) is 5.93. The highest BCUT2D eigenvalue weighted by atomic mass is 16.5. The maximum atomic E-state index is 5.60. The van der Waals surface area contributed by atoms with Gasteiger partial charge in [0.2, 0.25) is 0 Å². The van der Waals surface area contributed by atoms with Crippen molar-refractivity contribution in [2.24, 2.45) is 11.8 Å². The van der Waals surface area contributed by atoms with Crippen LogP contribution >= 0.6 is 0 Å². The molecule has 0 bridgehead atoms. The zero-order valence-electron chi connectivity index (χ0n) is 12.2. The Bertz CT molecular complexity index is 235. The molecule has 2 aliphatic rings. The predicted molar refractivity (Wildman–Crippen MR) is 75.8 cm³/mol. The molecule has 0 saturated carbocycles. The summed E-state index contributed by atoms with van der Waals surface area (Å²) in [4.78, 5) is 2.68. The SMILES string of the molecule is CCCC1CCCN(CC2COCC2NC)CC1. The van der Waals surface area contributed by atoms with Crippen LogP contribution in [-0.4, -0.2) is 50.8 Å². The molecule has 1 N–H and O–H groups in total. The Hall–Kier alpha value is -0.120. The zero-order valence-corrected chi connectivity index (χ0v) is 12.2. The third kappa shape index (κ3) is 3.94. The van der Waals surface area contributed by atoms with Gasteiger partial charge >= 0.3 is 0 Å². The molecule has 2 aliphatic heterocycles. The van der Waals surface area contributed by atoms with Crippen LogP contribution < -0.4 is 5.32 Å². The van der Waals surface area contributed by atoms with Crippen molar-refractivity contribution in [1.82, 2.24) is 10.2 Å². The molecule has 0 amide bonds. The Balaban J connectivity index is 1.76. The standard InChI is InChI=1S/C15H30N2O/c1-3-5-13-6-4-8-17(9-7-13)10-14-11-18-12-15(14)16-2/h13-16H,3-12H2,1-2H3. The molecule has 3 nitrogen and oxygen atoms in total. The predicted octanol–water partition coefficient (Wildman–Crippen LogP) is 2.12. The van der Waals surface area contributed by atoms with Crippen LogP contribution in [0.1, 0.15) is 39.0 Å². The van der Waals surface area contributed by atoms with Crippen molar-refractivity contribution in [1.29, 1.82) is 0 Å². The molecule has 2 heterocycles. The van der Waals surface area contributed by atoms with E-state index in [9.17, 15) is 0 Å². The van der Waals surface area contributed by atoms with E-state index >= 15 is 0 Å². The van der Waals surface area contributed by atoms with E-state index in [4.69, 9.17) is 4.74 Å². The molecule has 106 valence electrons. The van der Waals surface area contributed by atoms with Crippen molar-refractivity contribution in [3.05, 3.63) is 0 Å². The lowest BCUT2D eigenvalue weighted by Crippen LogP contribution is -2.40. The van der Waals surface area contributed by atoms with E-state index in [0.29, 0.717) is 12.0 Å². The van der Waals surface area contributed by atoms with Crippen LogP contribution in [0, 0.1) is 11.8 Å². The summed E-state index contributed by atoms with van der Waals surface area (Å²) >= 11 is 0. The molecule has 2 saturated heterocycles. The molecule has 3 unspecified atom stereocenters. The number of rotatable bonds is 5. The van der Waals surface area contributed by atoms with Gasteiger partial charge in [-0.1, -0.05) is 19.8 Å². The van der Waals surface area contributed by atoms with E-state index in [1.807, 2.05) is 0 Å². The van der Waals surface area contributed by atoms with Crippen molar-refractivity contribution in [3.63, 3.8) is 0 Å². The number of likely N-dealkylation sites (N-methyl/N-ethyl adjacent to an activating group) is 1. The number of hydrogen-bond acceptors (Lipinski definition) is 3. The summed E-state index contributed by atoms with van der Waals surface area (Å²) in [6.45, 7) is 7.99. The quantitative estimate of drug-likeness (QED) is 0.813. The van der Waals surface area contributed by atoms with E-state index < -0.39 is 0 Å². The molecule has 3 atom stereocenters. The number of likely N-dealkylation sites (tertiary alicyclic amines) is 1. The Labute approximate surface area is 112 Å². The van der Waals surface area contributed by atoms with E-state index in [1.54, 1.807) is 0 Å². The third-order valence-electron chi connectivity index (χ3n) is 4.70. The smallest absolute Gasteiger partial charge is 0.0623 e. The fourth-order valence-electron chi connectivity index (χ4n) is 3.53. The van der Waals surface area contributed by atoms with Gasteiger partial charge in [0.05, 0.1) is 13.2 Å². The molecule has 2 rings (SSSR count). The average molecular weight is 254 g/mol.